The van der Waals surface area contributed by atoms with Crippen LogP contribution in [0.3, 0.4) is 0 Å². The smallest absolute Gasteiger partial charge is 0.351 e. The van der Waals surface area contributed by atoms with Gasteiger partial charge in [-0.25, -0.2) is 13.2 Å². The Kier molecular flexibility index (Phi) is 7.45. The molecule has 0 atom stereocenters. The van der Waals surface area contributed by atoms with Crippen LogP contribution in [0.4, 0.5) is 5.69 Å². The van der Waals surface area contributed by atoms with E-state index < -0.39 is 20.7 Å². The zero-order valence-corrected chi connectivity index (χ0v) is 16.8. The Morgan fingerprint density at radius 3 is 1.89 bits per heavy atom. The summed E-state index contributed by atoms with van der Waals surface area (Å²) in [5.74, 6) is 0.261. The van der Waals surface area contributed by atoms with Crippen LogP contribution in [0, 0.1) is 0 Å². The summed E-state index contributed by atoms with van der Waals surface area (Å²) in [5.41, 5.74) is 0.590. The van der Waals surface area contributed by atoms with Crippen molar-refractivity contribution in [1.82, 2.24) is 0 Å². The molecule has 0 spiro atoms. The second-order valence-electron chi connectivity index (χ2n) is 5.51. The fraction of sp³-hybridized carbons (Fsp3) is 0.250. The number of anilines is 1. The third kappa shape index (κ3) is 5.26. The standard InChI is InChI=1S/C20H23NO6S/c1-4-26-16-8-6-15(7-9-16)21-14-19(20(22)25-3)28(23,24)18-12-10-17(11-13-18)27-5-2/h6-14,21H,4-5H2,1-3H3/b19-14+. The summed E-state index contributed by atoms with van der Waals surface area (Å²) in [6, 6.07) is 12.7. The number of ether oxygens (including phenoxy) is 3. The van der Waals surface area contributed by atoms with Gasteiger partial charge in [-0.05, 0) is 62.4 Å². The van der Waals surface area contributed by atoms with Crippen LogP contribution in [0.5, 0.6) is 11.5 Å². The monoisotopic (exact) mass is 405 g/mol. The molecule has 8 heteroatoms. The molecule has 0 aromatic heterocycles. The van der Waals surface area contributed by atoms with E-state index in [0.717, 1.165) is 13.3 Å². The highest BCUT2D eigenvalue weighted by molar-refractivity contribution is 7.96. The number of hydrogen-bond donors (Lipinski definition) is 1. The summed E-state index contributed by atoms with van der Waals surface area (Å²) in [6.07, 6.45) is 1.12. The van der Waals surface area contributed by atoms with E-state index in [1.165, 1.54) is 24.3 Å². The molecule has 2 rings (SSSR count). The second-order valence-corrected chi connectivity index (χ2v) is 7.43. The van der Waals surface area contributed by atoms with Gasteiger partial charge < -0.3 is 19.5 Å². The molecule has 150 valence electrons. The number of hydrogen-bond acceptors (Lipinski definition) is 7. The van der Waals surface area contributed by atoms with Gasteiger partial charge in [0.25, 0.3) is 0 Å². The lowest BCUT2D eigenvalue weighted by Crippen LogP contribution is -2.17. The van der Waals surface area contributed by atoms with Gasteiger partial charge >= 0.3 is 5.97 Å². The van der Waals surface area contributed by atoms with Crippen LogP contribution in [-0.4, -0.2) is 34.7 Å². The minimum absolute atomic E-state index is 0.0407. The summed E-state index contributed by atoms with van der Waals surface area (Å²) in [6.45, 7) is 4.71. The molecule has 0 amide bonds. The summed E-state index contributed by atoms with van der Waals surface area (Å²) in [5, 5.41) is 2.81. The summed E-state index contributed by atoms with van der Waals surface area (Å²) in [7, 11) is -2.96. The number of nitrogens with one attached hydrogen (secondary N) is 1. The normalized spacial score (nSPS) is 11.6. The summed E-state index contributed by atoms with van der Waals surface area (Å²) in [4.78, 5) is 11.6. The predicted octanol–water partition coefficient (Wildman–Crippen LogP) is 3.38. The molecule has 0 unspecified atom stereocenters. The van der Waals surface area contributed by atoms with E-state index in [1.54, 1.807) is 24.3 Å². The quantitative estimate of drug-likeness (QED) is 0.505. The van der Waals surface area contributed by atoms with Crippen molar-refractivity contribution in [3.63, 3.8) is 0 Å². The number of methoxy groups -OCH3 is 1. The first-order valence-corrected chi connectivity index (χ1v) is 10.2. The van der Waals surface area contributed by atoms with Gasteiger partial charge in [0.2, 0.25) is 9.84 Å². The average molecular weight is 405 g/mol. The second kappa shape index (κ2) is 9.80. The van der Waals surface area contributed by atoms with Gasteiger partial charge in [-0.3, -0.25) is 0 Å². The first kappa shape index (κ1) is 21.3. The van der Waals surface area contributed by atoms with Gasteiger partial charge in [-0.2, -0.15) is 0 Å². The Labute approximate surface area is 164 Å². The fourth-order valence-electron chi connectivity index (χ4n) is 2.32. The van der Waals surface area contributed by atoms with Crippen molar-refractivity contribution in [3.8, 4) is 11.5 Å². The van der Waals surface area contributed by atoms with Crippen molar-refractivity contribution in [2.24, 2.45) is 0 Å². The van der Waals surface area contributed by atoms with Gasteiger partial charge in [-0.15, -0.1) is 0 Å². The van der Waals surface area contributed by atoms with Gasteiger partial charge in [0.15, 0.2) is 4.91 Å². The van der Waals surface area contributed by atoms with E-state index >= 15 is 0 Å². The van der Waals surface area contributed by atoms with E-state index in [2.05, 4.69) is 10.1 Å². The van der Waals surface area contributed by atoms with Crippen LogP contribution < -0.4 is 14.8 Å². The van der Waals surface area contributed by atoms with Gasteiger partial charge in [0, 0.05) is 11.9 Å². The highest BCUT2D eigenvalue weighted by Crippen LogP contribution is 2.24. The number of benzene rings is 2. The Balaban J connectivity index is 2.30. The third-order valence-corrected chi connectivity index (χ3v) is 5.41. The van der Waals surface area contributed by atoms with E-state index in [0.29, 0.717) is 30.4 Å². The van der Waals surface area contributed by atoms with E-state index in [9.17, 15) is 13.2 Å². The number of carbonyl (C=O) groups excluding carboxylic acids is 1. The molecule has 0 aliphatic carbocycles. The first-order chi connectivity index (χ1) is 13.4. The molecule has 28 heavy (non-hydrogen) atoms. The van der Waals surface area contributed by atoms with Crippen molar-refractivity contribution in [2.45, 2.75) is 18.7 Å². The van der Waals surface area contributed by atoms with Crippen molar-refractivity contribution < 1.29 is 27.4 Å². The van der Waals surface area contributed by atoms with E-state index in [1.807, 2.05) is 13.8 Å². The Morgan fingerprint density at radius 2 is 1.43 bits per heavy atom. The fourth-order valence-corrected chi connectivity index (χ4v) is 3.58. The largest absolute Gasteiger partial charge is 0.494 e. The van der Waals surface area contributed by atoms with Crippen molar-refractivity contribution >= 4 is 21.5 Å². The molecule has 0 saturated carbocycles. The first-order valence-electron chi connectivity index (χ1n) is 8.68. The zero-order valence-electron chi connectivity index (χ0n) is 16.0. The van der Waals surface area contributed by atoms with Crippen molar-refractivity contribution in [1.29, 1.82) is 0 Å². The Bertz CT molecular complexity index is 918. The minimum Gasteiger partial charge on any atom is -0.494 e. The summed E-state index contributed by atoms with van der Waals surface area (Å²) < 4.78 is 41.1. The van der Waals surface area contributed by atoms with Crippen molar-refractivity contribution in [2.75, 3.05) is 25.6 Å². The predicted molar refractivity (Wildman–Crippen MR) is 106 cm³/mol. The van der Waals surface area contributed by atoms with Crippen LogP contribution >= 0.6 is 0 Å². The highest BCUT2D eigenvalue weighted by Gasteiger charge is 2.28. The average Bonchev–Trinajstić information content (AvgIpc) is 2.70. The van der Waals surface area contributed by atoms with Crippen LogP contribution in [0.2, 0.25) is 0 Å². The molecule has 0 radical (unpaired) electrons. The van der Waals surface area contributed by atoms with Crippen LogP contribution in [-0.2, 0) is 19.4 Å². The van der Waals surface area contributed by atoms with Crippen LogP contribution in [0.15, 0.2) is 64.5 Å². The number of rotatable bonds is 9. The van der Waals surface area contributed by atoms with Gasteiger partial charge in [0.1, 0.15) is 11.5 Å². The topological polar surface area (TPSA) is 90.9 Å². The highest BCUT2D eigenvalue weighted by atomic mass is 32.2. The molecular weight excluding hydrogens is 382 g/mol. The van der Waals surface area contributed by atoms with Crippen LogP contribution in [0.25, 0.3) is 0 Å². The molecular formula is C20H23NO6S. The molecule has 7 nitrogen and oxygen atoms in total. The number of sulfone groups is 1. The Morgan fingerprint density at radius 1 is 0.929 bits per heavy atom. The van der Waals surface area contributed by atoms with Gasteiger partial charge in [0.05, 0.1) is 25.2 Å². The number of carbonyl (C=O) groups is 1. The molecule has 2 aromatic carbocycles. The lowest BCUT2D eigenvalue weighted by molar-refractivity contribution is -0.135. The number of esters is 1. The summed E-state index contributed by atoms with van der Waals surface area (Å²) >= 11 is 0. The van der Waals surface area contributed by atoms with Gasteiger partial charge in [-0.1, -0.05) is 0 Å². The Hall–Kier alpha value is -3.00. The minimum atomic E-state index is -4.09. The molecule has 0 aliphatic rings. The lowest BCUT2D eigenvalue weighted by atomic mass is 10.3. The molecule has 0 heterocycles. The molecule has 2 aromatic rings. The molecule has 0 saturated heterocycles. The molecule has 0 bridgehead atoms. The molecule has 1 N–H and O–H groups in total. The van der Waals surface area contributed by atoms with Crippen molar-refractivity contribution in [3.05, 3.63) is 59.6 Å². The van der Waals surface area contributed by atoms with Crippen LogP contribution in [0.1, 0.15) is 13.8 Å². The molecule has 0 aliphatic heterocycles. The lowest BCUT2D eigenvalue weighted by Gasteiger charge is -2.10. The maximum absolute atomic E-state index is 12.9. The SMILES string of the molecule is CCOc1ccc(N/C=C(\C(=O)OC)S(=O)(=O)c2ccc(OCC)cc2)cc1. The maximum Gasteiger partial charge on any atom is 0.351 e. The van der Waals surface area contributed by atoms with E-state index in [-0.39, 0.29) is 4.90 Å². The zero-order chi connectivity index (χ0) is 20.6. The van der Waals surface area contributed by atoms with E-state index in [4.69, 9.17) is 9.47 Å². The maximum atomic E-state index is 12.9. The molecule has 0 fully saturated rings. The third-order valence-electron chi connectivity index (χ3n) is 3.66.